The number of halogens is 1. The lowest BCUT2D eigenvalue weighted by Crippen LogP contribution is -2.24. The Labute approximate surface area is 111 Å². The van der Waals surface area contributed by atoms with Crippen LogP contribution in [0.3, 0.4) is 0 Å². The maximum absolute atomic E-state index is 9.73. The van der Waals surface area contributed by atoms with Crippen molar-refractivity contribution in [1.29, 1.82) is 0 Å². The zero-order valence-electron chi connectivity index (χ0n) is 10.5. The standard InChI is InChI=1S/C13H20BrNO2/c1-8(2)12(16)7-17-13-9(3)4-11(14)5-10(13)6-15/h4-5,8,12,16H,6-7,15H2,1-3H3. The summed E-state index contributed by atoms with van der Waals surface area (Å²) in [7, 11) is 0. The number of rotatable bonds is 5. The van der Waals surface area contributed by atoms with E-state index in [9.17, 15) is 5.11 Å². The first-order valence-corrected chi connectivity index (χ1v) is 6.55. The highest BCUT2D eigenvalue weighted by molar-refractivity contribution is 9.10. The van der Waals surface area contributed by atoms with Crippen molar-refractivity contribution in [2.75, 3.05) is 6.61 Å². The van der Waals surface area contributed by atoms with Crippen LogP contribution >= 0.6 is 15.9 Å². The molecular weight excluding hydrogens is 282 g/mol. The maximum Gasteiger partial charge on any atom is 0.126 e. The highest BCUT2D eigenvalue weighted by atomic mass is 79.9. The Kier molecular flexibility index (Phi) is 5.43. The van der Waals surface area contributed by atoms with Gasteiger partial charge in [0.1, 0.15) is 12.4 Å². The fourth-order valence-corrected chi connectivity index (χ4v) is 2.14. The monoisotopic (exact) mass is 301 g/mol. The van der Waals surface area contributed by atoms with Gasteiger partial charge in [0, 0.05) is 16.6 Å². The molecule has 0 heterocycles. The predicted octanol–water partition coefficient (Wildman–Crippen LogP) is 2.61. The molecular formula is C13H20BrNO2. The molecule has 0 saturated heterocycles. The minimum atomic E-state index is -0.455. The molecule has 1 aromatic rings. The molecule has 96 valence electrons. The Morgan fingerprint density at radius 1 is 1.41 bits per heavy atom. The number of hydrogen-bond acceptors (Lipinski definition) is 3. The first-order valence-electron chi connectivity index (χ1n) is 5.75. The second kappa shape index (κ2) is 6.38. The molecule has 3 N–H and O–H groups in total. The Hall–Kier alpha value is -0.580. The molecule has 0 amide bonds. The van der Waals surface area contributed by atoms with Gasteiger partial charge in [-0.1, -0.05) is 29.8 Å². The van der Waals surface area contributed by atoms with Crippen LogP contribution in [0.1, 0.15) is 25.0 Å². The highest BCUT2D eigenvalue weighted by Gasteiger charge is 2.13. The third kappa shape index (κ3) is 3.98. The second-order valence-electron chi connectivity index (χ2n) is 4.54. The number of aliphatic hydroxyl groups excluding tert-OH is 1. The van der Waals surface area contributed by atoms with Gasteiger partial charge in [-0.2, -0.15) is 0 Å². The van der Waals surface area contributed by atoms with E-state index in [1.54, 1.807) is 0 Å². The number of nitrogens with two attached hydrogens (primary N) is 1. The van der Waals surface area contributed by atoms with E-state index in [2.05, 4.69) is 15.9 Å². The smallest absolute Gasteiger partial charge is 0.126 e. The van der Waals surface area contributed by atoms with Gasteiger partial charge in [0.15, 0.2) is 0 Å². The second-order valence-corrected chi connectivity index (χ2v) is 5.45. The lowest BCUT2D eigenvalue weighted by molar-refractivity contribution is 0.0694. The Morgan fingerprint density at radius 3 is 2.59 bits per heavy atom. The van der Waals surface area contributed by atoms with Gasteiger partial charge in [-0.05, 0) is 30.5 Å². The van der Waals surface area contributed by atoms with Crippen molar-refractivity contribution in [1.82, 2.24) is 0 Å². The van der Waals surface area contributed by atoms with Gasteiger partial charge >= 0.3 is 0 Å². The molecule has 0 saturated carbocycles. The van der Waals surface area contributed by atoms with Gasteiger partial charge in [-0.15, -0.1) is 0 Å². The van der Waals surface area contributed by atoms with E-state index in [4.69, 9.17) is 10.5 Å². The van der Waals surface area contributed by atoms with Crippen molar-refractivity contribution < 1.29 is 9.84 Å². The summed E-state index contributed by atoms with van der Waals surface area (Å²) in [5.41, 5.74) is 7.67. The van der Waals surface area contributed by atoms with Gasteiger partial charge in [-0.3, -0.25) is 0 Å². The van der Waals surface area contributed by atoms with E-state index in [1.807, 2.05) is 32.9 Å². The number of aliphatic hydroxyl groups is 1. The molecule has 0 aliphatic rings. The third-order valence-corrected chi connectivity index (χ3v) is 3.16. The molecule has 1 aromatic carbocycles. The van der Waals surface area contributed by atoms with Crippen LogP contribution in [-0.2, 0) is 6.54 Å². The summed E-state index contributed by atoms with van der Waals surface area (Å²) < 4.78 is 6.68. The van der Waals surface area contributed by atoms with Crippen LogP contribution in [0.2, 0.25) is 0 Å². The fraction of sp³-hybridized carbons (Fsp3) is 0.538. The van der Waals surface area contributed by atoms with Gasteiger partial charge in [0.2, 0.25) is 0 Å². The molecule has 4 heteroatoms. The van der Waals surface area contributed by atoms with Crippen molar-refractivity contribution in [2.24, 2.45) is 11.7 Å². The average molecular weight is 302 g/mol. The van der Waals surface area contributed by atoms with E-state index in [-0.39, 0.29) is 5.92 Å². The zero-order chi connectivity index (χ0) is 13.0. The summed E-state index contributed by atoms with van der Waals surface area (Å²) in [5.74, 6) is 0.975. The molecule has 17 heavy (non-hydrogen) atoms. The topological polar surface area (TPSA) is 55.5 Å². The lowest BCUT2D eigenvalue weighted by Gasteiger charge is -2.18. The number of hydrogen-bond donors (Lipinski definition) is 2. The van der Waals surface area contributed by atoms with Crippen LogP contribution in [0, 0.1) is 12.8 Å². The van der Waals surface area contributed by atoms with E-state index >= 15 is 0 Å². The quantitative estimate of drug-likeness (QED) is 0.879. The average Bonchev–Trinajstić information content (AvgIpc) is 2.26. The van der Waals surface area contributed by atoms with Crippen LogP contribution in [0.15, 0.2) is 16.6 Å². The molecule has 0 bridgehead atoms. The molecule has 0 aromatic heterocycles. The number of benzene rings is 1. The van der Waals surface area contributed by atoms with E-state index in [0.717, 1.165) is 21.3 Å². The van der Waals surface area contributed by atoms with Crippen molar-refractivity contribution in [3.63, 3.8) is 0 Å². The Bertz CT molecular complexity index is 380. The Morgan fingerprint density at radius 2 is 2.06 bits per heavy atom. The molecule has 0 spiro atoms. The van der Waals surface area contributed by atoms with Crippen LogP contribution < -0.4 is 10.5 Å². The van der Waals surface area contributed by atoms with E-state index in [1.165, 1.54) is 0 Å². The van der Waals surface area contributed by atoms with Gasteiger partial charge in [0.05, 0.1) is 6.10 Å². The first-order chi connectivity index (χ1) is 7.95. The third-order valence-electron chi connectivity index (χ3n) is 2.70. The lowest BCUT2D eigenvalue weighted by atomic mass is 10.1. The first kappa shape index (κ1) is 14.5. The summed E-state index contributed by atoms with van der Waals surface area (Å²) >= 11 is 3.43. The fourth-order valence-electron chi connectivity index (χ4n) is 1.52. The van der Waals surface area contributed by atoms with Gasteiger partial charge in [-0.25, -0.2) is 0 Å². The van der Waals surface area contributed by atoms with Crippen LogP contribution in [0.5, 0.6) is 5.75 Å². The summed E-state index contributed by atoms with van der Waals surface area (Å²) in [4.78, 5) is 0. The van der Waals surface area contributed by atoms with Gasteiger partial charge in [0.25, 0.3) is 0 Å². The molecule has 1 rings (SSSR count). The Balaban J connectivity index is 2.83. The van der Waals surface area contributed by atoms with Gasteiger partial charge < -0.3 is 15.6 Å². The zero-order valence-corrected chi connectivity index (χ0v) is 12.1. The van der Waals surface area contributed by atoms with E-state index < -0.39 is 6.10 Å². The molecule has 1 atom stereocenters. The maximum atomic E-state index is 9.73. The molecule has 0 aliphatic carbocycles. The molecule has 0 radical (unpaired) electrons. The normalized spacial score (nSPS) is 12.9. The summed E-state index contributed by atoms with van der Waals surface area (Å²) in [5, 5.41) is 9.73. The van der Waals surface area contributed by atoms with Crippen LogP contribution in [0.4, 0.5) is 0 Å². The largest absolute Gasteiger partial charge is 0.490 e. The predicted molar refractivity (Wildman–Crippen MR) is 73.1 cm³/mol. The van der Waals surface area contributed by atoms with Crippen molar-refractivity contribution in [3.05, 3.63) is 27.7 Å². The molecule has 1 unspecified atom stereocenters. The number of aryl methyl sites for hydroxylation is 1. The highest BCUT2D eigenvalue weighted by Crippen LogP contribution is 2.28. The summed E-state index contributed by atoms with van der Waals surface area (Å²) in [6.45, 7) is 6.63. The minimum Gasteiger partial charge on any atom is -0.490 e. The SMILES string of the molecule is Cc1cc(Br)cc(CN)c1OCC(O)C(C)C. The molecule has 0 fully saturated rings. The summed E-state index contributed by atoms with van der Waals surface area (Å²) in [6, 6.07) is 3.93. The minimum absolute atomic E-state index is 0.187. The van der Waals surface area contributed by atoms with Crippen molar-refractivity contribution >= 4 is 15.9 Å². The van der Waals surface area contributed by atoms with E-state index in [0.29, 0.717) is 13.2 Å². The molecule has 3 nitrogen and oxygen atoms in total. The van der Waals surface area contributed by atoms with Crippen LogP contribution in [0.25, 0.3) is 0 Å². The van der Waals surface area contributed by atoms with Crippen LogP contribution in [-0.4, -0.2) is 17.8 Å². The summed E-state index contributed by atoms with van der Waals surface area (Å²) in [6.07, 6.45) is -0.455. The molecule has 0 aliphatic heterocycles. The van der Waals surface area contributed by atoms with Crippen molar-refractivity contribution in [3.8, 4) is 5.75 Å². The van der Waals surface area contributed by atoms with Crippen molar-refractivity contribution in [2.45, 2.75) is 33.4 Å². The number of ether oxygens (including phenoxy) is 1.